The number of amides is 1. The van der Waals surface area contributed by atoms with Crippen LogP contribution in [0.1, 0.15) is 17.3 Å². The zero-order chi connectivity index (χ0) is 22.8. The first-order chi connectivity index (χ1) is 16.2. The van der Waals surface area contributed by atoms with Crippen LogP contribution in [0.5, 0.6) is 11.5 Å². The molecule has 2 aliphatic rings. The summed E-state index contributed by atoms with van der Waals surface area (Å²) >= 11 is 1.47. The maximum absolute atomic E-state index is 13.3. The third-order valence-electron chi connectivity index (χ3n) is 5.45. The molecule has 0 spiro atoms. The number of nitrogens with one attached hydrogen (secondary N) is 1. The highest BCUT2D eigenvalue weighted by molar-refractivity contribution is 8.13. The molecule has 7 nitrogen and oxygen atoms in total. The molecule has 2 aliphatic heterocycles. The van der Waals surface area contributed by atoms with E-state index in [1.807, 2.05) is 72.8 Å². The van der Waals surface area contributed by atoms with Gasteiger partial charge in [-0.15, -0.1) is 5.10 Å². The molecule has 0 aromatic heterocycles. The molecule has 0 bridgehead atoms. The van der Waals surface area contributed by atoms with E-state index in [1.165, 1.54) is 11.8 Å². The Morgan fingerprint density at radius 3 is 2.58 bits per heavy atom. The molecule has 3 aromatic rings. The Labute approximate surface area is 195 Å². The van der Waals surface area contributed by atoms with Gasteiger partial charge in [0.25, 0.3) is 5.91 Å². The number of nitrogens with zero attached hydrogens (tertiary/aromatic N) is 3. The van der Waals surface area contributed by atoms with E-state index < -0.39 is 6.17 Å². The third-order valence-corrected chi connectivity index (χ3v) is 6.38. The van der Waals surface area contributed by atoms with Crippen LogP contribution in [-0.4, -0.2) is 30.3 Å². The fraction of sp³-hybridized carbons (Fsp3) is 0.160. The van der Waals surface area contributed by atoms with E-state index in [0.717, 1.165) is 21.7 Å². The molecule has 0 saturated heterocycles. The Kier molecular flexibility index (Phi) is 5.75. The number of hydrogen-bond donors (Lipinski definition) is 1. The lowest BCUT2D eigenvalue weighted by molar-refractivity contribution is -0.116. The van der Waals surface area contributed by atoms with E-state index in [4.69, 9.17) is 19.6 Å². The summed E-state index contributed by atoms with van der Waals surface area (Å²) in [7, 11) is 3.22. The zero-order valence-corrected chi connectivity index (χ0v) is 19.0. The molecule has 1 atom stereocenters. The van der Waals surface area contributed by atoms with Crippen molar-refractivity contribution in [3.05, 3.63) is 94.5 Å². The Hall–Kier alpha value is -3.78. The number of thioether (sulfide) groups is 1. The van der Waals surface area contributed by atoms with Gasteiger partial charge < -0.3 is 9.47 Å². The van der Waals surface area contributed by atoms with Gasteiger partial charge in [-0.05, 0) is 29.8 Å². The average molecular weight is 459 g/mol. The van der Waals surface area contributed by atoms with E-state index in [-0.39, 0.29) is 5.91 Å². The van der Waals surface area contributed by atoms with Crippen molar-refractivity contribution in [2.45, 2.75) is 11.9 Å². The number of hydrogen-bond acceptors (Lipinski definition) is 7. The van der Waals surface area contributed by atoms with Crippen molar-refractivity contribution in [1.82, 2.24) is 10.3 Å². The lowest BCUT2D eigenvalue weighted by Gasteiger charge is -2.34. The van der Waals surface area contributed by atoms with Gasteiger partial charge in [0.1, 0.15) is 17.2 Å². The number of benzene rings is 3. The third kappa shape index (κ3) is 4.05. The van der Waals surface area contributed by atoms with E-state index in [0.29, 0.717) is 28.1 Å². The van der Waals surface area contributed by atoms with Crippen molar-refractivity contribution in [1.29, 1.82) is 0 Å². The molecule has 5 rings (SSSR count). The van der Waals surface area contributed by atoms with Crippen LogP contribution in [0.25, 0.3) is 5.70 Å². The van der Waals surface area contributed by atoms with Crippen molar-refractivity contribution in [2.75, 3.05) is 14.2 Å². The van der Waals surface area contributed by atoms with Crippen molar-refractivity contribution < 1.29 is 14.3 Å². The summed E-state index contributed by atoms with van der Waals surface area (Å²) in [5.41, 5.74) is 2.36. The normalized spacial score (nSPS) is 16.7. The molecule has 0 saturated carbocycles. The van der Waals surface area contributed by atoms with Crippen molar-refractivity contribution in [2.24, 2.45) is 10.1 Å². The summed E-state index contributed by atoms with van der Waals surface area (Å²) in [5, 5.41) is 11.4. The minimum Gasteiger partial charge on any atom is -0.497 e. The maximum atomic E-state index is 13.3. The van der Waals surface area contributed by atoms with Gasteiger partial charge in [-0.3, -0.25) is 15.1 Å². The maximum Gasteiger partial charge on any atom is 0.276 e. The van der Waals surface area contributed by atoms with E-state index in [2.05, 4.69) is 5.32 Å². The van der Waals surface area contributed by atoms with Crippen LogP contribution < -0.4 is 25.4 Å². The van der Waals surface area contributed by atoms with Gasteiger partial charge >= 0.3 is 0 Å². The topological polar surface area (TPSA) is 75.5 Å². The first-order valence-electron chi connectivity index (χ1n) is 10.4. The number of rotatable bonds is 5. The summed E-state index contributed by atoms with van der Waals surface area (Å²) in [4.78, 5) is 18.2. The minimum atomic E-state index is -0.585. The van der Waals surface area contributed by atoms with Crippen LogP contribution in [0.3, 0.4) is 0 Å². The van der Waals surface area contributed by atoms with Gasteiger partial charge in [0.15, 0.2) is 11.3 Å². The quantitative estimate of drug-likeness (QED) is 0.636. The van der Waals surface area contributed by atoms with Crippen LogP contribution in [0.15, 0.2) is 82.9 Å². The summed E-state index contributed by atoms with van der Waals surface area (Å²) in [6.07, 6.45) is -0.585. The molecule has 1 amide bonds. The fourth-order valence-electron chi connectivity index (χ4n) is 3.86. The highest BCUT2D eigenvalue weighted by Gasteiger charge is 2.35. The van der Waals surface area contributed by atoms with Gasteiger partial charge in [-0.25, -0.2) is 5.01 Å². The highest BCUT2D eigenvalue weighted by atomic mass is 32.2. The lowest BCUT2D eigenvalue weighted by Crippen LogP contribution is -2.50. The molecular formula is C25H22N4O3S. The number of para-hydroxylation sites is 1. The number of amidine groups is 1. The highest BCUT2D eigenvalue weighted by Crippen LogP contribution is 2.37. The number of carbonyl (C=O) groups is 1. The van der Waals surface area contributed by atoms with Gasteiger partial charge in [0.05, 0.1) is 19.6 Å². The van der Waals surface area contributed by atoms with Crippen LogP contribution in [-0.2, 0) is 10.5 Å². The summed E-state index contributed by atoms with van der Waals surface area (Å²) in [5.74, 6) is 1.78. The lowest BCUT2D eigenvalue weighted by atomic mass is 10.1. The number of methoxy groups -OCH3 is 2. The standard InChI is InChI=1S/C25H22N4O3S/c1-31-17-12-13-21(32-2)19(14-17)23-26-20-11-7-6-10-18(20)22-24(30)27-25(28-29(22)23)33-15-16-8-4-3-5-9-16/h3-14,23H,15H2,1-2H3,(H,27,28,30)/t23-/m1/s1. The predicted molar refractivity (Wildman–Crippen MR) is 128 cm³/mol. The molecule has 1 N–H and O–H groups in total. The zero-order valence-electron chi connectivity index (χ0n) is 18.2. The monoisotopic (exact) mass is 458 g/mol. The van der Waals surface area contributed by atoms with Crippen molar-refractivity contribution in [3.63, 3.8) is 0 Å². The first kappa shape index (κ1) is 21.1. The molecular weight excluding hydrogens is 436 g/mol. The first-order valence-corrected chi connectivity index (χ1v) is 11.4. The second kappa shape index (κ2) is 8.99. The molecule has 0 fully saturated rings. The SMILES string of the molecule is COc1ccc(OC)c([C@@H]2N=c3ccccc3=C3C(=O)NC(SCc4ccccc4)=NN32)c1. The van der Waals surface area contributed by atoms with Crippen LogP contribution in [0.2, 0.25) is 0 Å². The Balaban J connectivity index is 1.62. The molecule has 0 radical (unpaired) electrons. The van der Waals surface area contributed by atoms with Crippen LogP contribution in [0, 0.1) is 0 Å². The molecule has 0 aliphatic carbocycles. The van der Waals surface area contributed by atoms with Crippen LogP contribution in [0.4, 0.5) is 0 Å². The Bertz CT molecular complexity index is 1360. The van der Waals surface area contributed by atoms with Gasteiger partial charge in [-0.1, -0.05) is 60.3 Å². The number of hydrazone groups is 1. The number of ether oxygens (including phenoxy) is 2. The molecule has 3 aromatic carbocycles. The smallest absolute Gasteiger partial charge is 0.276 e. The van der Waals surface area contributed by atoms with Crippen molar-refractivity contribution in [3.8, 4) is 11.5 Å². The second-order valence-corrected chi connectivity index (χ2v) is 8.42. The summed E-state index contributed by atoms with van der Waals surface area (Å²) in [6.45, 7) is 0. The molecule has 8 heteroatoms. The van der Waals surface area contributed by atoms with Gasteiger partial charge in [0.2, 0.25) is 0 Å². The predicted octanol–water partition coefficient (Wildman–Crippen LogP) is 2.78. The fourth-order valence-corrected chi connectivity index (χ4v) is 4.67. The van der Waals surface area contributed by atoms with Gasteiger partial charge in [0, 0.05) is 16.5 Å². The Morgan fingerprint density at radius 2 is 1.79 bits per heavy atom. The molecule has 33 heavy (non-hydrogen) atoms. The van der Waals surface area contributed by atoms with E-state index >= 15 is 0 Å². The number of fused-ring (bicyclic) bond motifs is 2. The van der Waals surface area contributed by atoms with E-state index in [9.17, 15) is 4.79 Å². The largest absolute Gasteiger partial charge is 0.497 e. The minimum absolute atomic E-state index is 0.213. The van der Waals surface area contributed by atoms with Crippen molar-refractivity contribution >= 4 is 28.5 Å². The summed E-state index contributed by atoms with van der Waals surface area (Å²) in [6, 6.07) is 23.2. The van der Waals surface area contributed by atoms with Crippen LogP contribution >= 0.6 is 11.8 Å². The number of carbonyl (C=O) groups excluding carboxylic acids is 1. The molecule has 0 unspecified atom stereocenters. The van der Waals surface area contributed by atoms with Gasteiger partial charge in [-0.2, -0.15) is 0 Å². The molecule has 166 valence electrons. The molecule has 2 heterocycles. The summed E-state index contributed by atoms with van der Waals surface area (Å²) < 4.78 is 11.1. The second-order valence-electron chi connectivity index (χ2n) is 7.45. The van der Waals surface area contributed by atoms with E-state index in [1.54, 1.807) is 19.2 Å². The average Bonchev–Trinajstić information content (AvgIpc) is 2.87. The Morgan fingerprint density at radius 1 is 1.00 bits per heavy atom.